The smallest absolute Gasteiger partial charge is 0.140 e. The van der Waals surface area contributed by atoms with Crippen molar-refractivity contribution in [1.29, 1.82) is 0 Å². The first-order valence-corrected chi connectivity index (χ1v) is 6.38. The number of halogens is 1. The number of para-hydroxylation sites is 1. The quantitative estimate of drug-likeness (QED) is 0.774. The van der Waals surface area contributed by atoms with Crippen LogP contribution in [-0.4, -0.2) is 4.98 Å². The van der Waals surface area contributed by atoms with Crippen LogP contribution in [0.1, 0.15) is 16.3 Å². The fraction of sp³-hybridized carbons (Fsp3) is 0.250. The van der Waals surface area contributed by atoms with Crippen molar-refractivity contribution in [2.24, 2.45) is 0 Å². The summed E-state index contributed by atoms with van der Waals surface area (Å²) in [5.74, 6) is 1.37. The van der Waals surface area contributed by atoms with Gasteiger partial charge in [0, 0.05) is 5.38 Å². The summed E-state index contributed by atoms with van der Waals surface area (Å²) in [4.78, 5) is 4.34. The maximum Gasteiger partial charge on any atom is 0.140 e. The zero-order valence-electron chi connectivity index (χ0n) is 8.94. The predicted molar refractivity (Wildman–Crippen MR) is 67.2 cm³/mol. The third kappa shape index (κ3) is 2.74. The summed E-state index contributed by atoms with van der Waals surface area (Å²) in [5, 5.41) is 2.92. The van der Waals surface area contributed by atoms with E-state index >= 15 is 0 Å². The highest BCUT2D eigenvalue weighted by Crippen LogP contribution is 2.19. The number of thiazole rings is 1. The van der Waals surface area contributed by atoms with E-state index in [2.05, 4.69) is 4.98 Å². The highest BCUT2D eigenvalue weighted by atomic mass is 35.5. The van der Waals surface area contributed by atoms with Gasteiger partial charge in [0.25, 0.3) is 0 Å². The molecule has 0 N–H and O–H groups in total. The fourth-order valence-corrected chi connectivity index (χ4v) is 2.27. The molecule has 0 saturated carbocycles. The molecule has 0 bridgehead atoms. The van der Waals surface area contributed by atoms with Crippen molar-refractivity contribution in [1.82, 2.24) is 4.98 Å². The average Bonchev–Trinajstić information content (AvgIpc) is 2.76. The first-order chi connectivity index (χ1) is 7.79. The first-order valence-electron chi connectivity index (χ1n) is 4.97. The van der Waals surface area contributed by atoms with Gasteiger partial charge in [-0.2, -0.15) is 0 Å². The number of alkyl halides is 1. The van der Waals surface area contributed by atoms with Crippen molar-refractivity contribution < 1.29 is 4.74 Å². The van der Waals surface area contributed by atoms with Gasteiger partial charge in [0.05, 0.1) is 11.6 Å². The van der Waals surface area contributed by atoms with Crippen LogP contribution in [-0.2, 0) is 12.5 Å². The molecule has 1 heterocycles. The third-order valence-corrected chi connectivity index (χ3v) is 3.33. The Morgan fingerprint density at radius 2 is 2.19 bits per heavy atom. The minimum atomic E-state index is 0.459. The molecule has 0 amide bonds. The lowest BCUT2D eigenvalue weighted by atomic mass is 10.2. The summed E-state index contributed by atoms with van der Waals surface area (Å²) in [6, 6.07) is 7.96. The monoisotopic (exact) mass is 253 g/mol. The number of aryl methyl sites for hydroxylation is 1. The van der Waals surface area contributed by atoms with Crippen LogP contribution in [0.2, 0.25) is 0 Å². The molecule has 0 aliphatic rings. The molecule has 2 nitrogen and oxygen atoms in total. The van der Waals surface area contributed by atoms with Gasteiger partial charge >= 0.3 is 0 Å². The molecule has 0 saturated heterocycles. The highest BCUT2D eigenvalue weighted by Gasteiger charge is 2.03. The molecule has 2 rings (SSSR count). The van der Waals surface area contributed by atoms with Crippen molar-refractivity contribution in [2.75, 3.05) is 0 Å². The molecule has 0 spiro atoms. The van der Waals surface area contributed by atoms with Crippen LogP contribution in [0.25, 0.3) is 0 Å². The lowest BCUT2D eigenvalue weighted by Gasteiger charge is -2.06. The molecule has 1 aromatic heterocycles. The second-order valence-electron chi connectivity index (χ2n) is 3.42. The van der Waals surface area contributed by atoms with Gasteiger partial charge in [-0.3, -0.25) is 0 Å². The van der Waals surface area contributed by atoms with Crippen molar-refractivity contribution in [2.45, 2.75) is 19.4 Å². The van der Waals surface area contributed by atoms with Gasteiger partial charge in [0.2, 0.25) is 0 Å². The van der Waals surface area contributed by atoms with Gasteiger partial charge in [-0.25, -0.2) is 4.98 Å². The Morgan fingerprint density at radius 1 is 1.38 bits per heavy atom. The zero-order valence-corrected chi connectivity index (χ0v) is 10.5. The lowest BCUT2D eigenvalue weighted by Crippen LogP contribution is -1.96. The molecule has 16 heavy (non-hydrogen) atoms. The van der Waals surface area contributed by atoms with E-state index in [-0.39, 0.29) is 0 Å². The Hall–Kier alpha value is -1.06. The molecule has 0 aliphatic carbocycles. The number of benzene rings is 1. The van der Waals surface area contributed by atoms with Crippen LogP contribution in [0.15, 0.2) is 29.6 Å². The number of ether oxygens (including phenoxy) is 1. The number of hydrogen-bond donors (Lipinski definition) is 0. The summed E-state index contributed by atoms with van der Waals surface area (Å²) in [6.07, 6.45) is 0. The van der Waals surface area contributed by atoms with E-state index < -0.39 is 0 Å². The number of aromatic nitrogens is 1. The number of nitrogens with zero attached hydrogens (tertiary/aromatic N) is 1. The van der Waals surface area contributed by atoms with E-state index in [4.69, 9.17) is 16.3 Å². The fourth-order valence-electron chi connectivity index (χ4n) is 1.33. The Morgan fingerprint density at radius 3 is 2.88 bits per heavy atom. The largest absolute Gasteiger partial charge is 0.486 e. The molecule has 0 aliphatic heterocycles. The van der Waals surface area contributed by atoms with E-state index in [1.165, 1.54) is 0 Å². The SMILES string of the molecule is Cc1ccccc1OCc1nc(CCl)cs1. The van der Waals surface area contributed by atoms with Crippen LogP contribution in [0.3, 0.4) is 0 Å². The van der Waals surface area contributed by atoms with Crippen LogP contribution in [0, 0.1) is 6.92 Å². The normalized spacial score (nSPS) is 10.4. The standard InChI is InChI=1S/C12H12ClNOS/c1-9-4-2-3-5-11(9)15-7-12-14-10(6-13)8-16-12/h2-5,8H,6-7H2,1H3. The summed E-state index contributed by atoms with van der Waals surface area (Å²) in [6.45, 7) is 2.54. The molecular formula is C12H12ClNOS. The summed E-state index contributed by atoms with van der Waals surface area (Å²) in [5.41, 5.74) is 2.05. The minimum Gasteiger partial charge on any atom is -0.486 e. The lowest BCUT2D eigenvalue weighted by molar-refractivity contribution is 0.303. The maximum absolute atomic E-state index is 5.69. The van der Waals surface area contributed by atoms with E-state index in [0.29, 0.717) is 12.5 Å². The summed E-state index contributed by atoms with van der Waals surface area (Å²) >= 11 is 7.26. The molecule has 1 aromatic carbocycles. The second-order valence-corrected chi connectivity index (χ2v) is 4.63. The molecule has 2 aromatic rings. The number of hydrogen-bond acceptors (Lipinski definition) is 3. The van der Waals surface area contributed by atoms with E-state index in [1.54, 1.807) is 11.3 Å². The van der Waals surface area contributed by atoms with Gasteiger partial charge in [0.15, 0.2) is 0 Å². The zero-order chi connectivity index (χ0) is 11.4. The van der Waals surface area contributed by atoms with Gasteiger partial charge in [-0.05, 0) is 18.6 Å². The van der Waals surface area contributed by atoms with Crippen LogP contribution < -0.4 is 4.74 Å². The van der Waals surface area contributed by atoms with Crippen molar-refractivity contribution in [3.63, 3.8) is 0 Å². The maximum atomic E-state index is 5.69. The van der Waals surface area contributed by atoms with Crippen LogP contribution in [0.4, 0.5) is 0 Å². The predicted octanol–water partition coefficient (Wildman–Crippen LogP) is 3.77. The van der Waals surface area contributed by atoms with Crippen molar-refractivity contribution in [3.05, 3.63) is 45.9 Å². The molecule has 0 unspecified atom stereocenters. The van der Waals surface area contributed by atoms with Crippen molar-refractivity contribution in [3.8, 4) is 5.75 Å². The molecular weight excluding hydrogens is 242 g/mol. The van der Waals surface area contributed by atoms with E-state index in [1.807, 2.05) is 36.6 Å². The van der Waals surface area contributed by atoms with Gasteiger partial charge in [-0.1, -0.05) is 18.2 Å². The Kier molecular flexibility index (Phi) is 3.80. The topological polar surface area (TPSA) is 22.1 Å². The average molecular weight is 254 g/mol. The molecule has 0 atom stereocenters. The minimum absolute atomic E-state index is 0.459. The van der Waals surface area contributed by atoms with Gasteiger partial charge < -0.3 is 4.74 Å². The molecule has 0 radical (unpaired) electrons. The molecule has 4 heteroatoms. The third-order valence-electron chi connectivity index (χ3n) is 2.18. The summed E-state index contributed by atoms with van der Waals surface area (Å²) < 4.78 is 5.69. The molecule has 84 valence electrons. The Labute approximate surface area is 104 Å². The van der Waals surface area contributed by atoms with Crippen LogP contribution >= 0.6 is 22.9 Å². The van der Waals surface area contributed by atoms with E-state index in [0.717, 1.165) is 22.0 Å². The Balaban J connectivity index is 1.99. The first kappa shape index (κ1) is 11.4. The Bertz CT molecular complexity index is 470. The molecule has 0 fully saturated rings. The second kappa shape index (κ2) is 5.32. The van der Waals surface area contributed by atoms with Gasteiger partial charge in [0.1, 0.15) is 17.4 Å². The van der Waals surface area contributed by atoms with Gasteiger partial charge in [-0.15, -0.1) is 22.9 Å². The summed E-state index contributed by atoms with van der Waals surface area (Å²) in [7, 11) is 0. The van der Waals surface area contributed by atoms with E-state index in [9.17, 15) is 0 Å². The van der Waals surface area contributed by atoms with Crippen LogP contribution in [0.5, 0.6) is 5.75 Å². The highest BCUT2D eigenvalue weighted by molar-refractivity contribution is 7.09. The number of rotatable bonds is 4. The van der Waals surface area contributed by atoms with Crippen molar-refractivity contribution >= 4 is 22.9 Å².